The highest BCUT2D eigenvalue weighted by atomic mass is 16.3. The molecule has 24 heavy (non-hydrogen) atoms. The number of nitrogens with one attached hydrogen (secondary N) is 1. The van der Waals surface area contributed by atoms with Gasteiger partial charge < -0.3 is 15.3 Å². The Hall–Kier alpha value is -2.24. The van der Waals surface area contributed by atoms with Crippen molar-refractivity contribution in [3.05, 3.63) is 65.5 Å². The normalized spacial score (nSPS) is 18.1. The average Bonchev–Trinajstić information content (AvgIpc) is 2.61. The van der Waals surface area contributed by atoms with Crippen molar-refractivity contribution in [3.63, 3.8) is 0 Å². The highest BCUT2D eigenvalue weighted by Gasteiger charge is 2.32. The first-order valence-corrected chi connectivity index (χ1v) is 8.34. The topological polar surface area (TPSA) is 65.5 Å². The molecule has 1 aliphatic rings. The van der Waals surface area contributed by atoms with Crippen LogP contribution in [0.25, 0.3) is 0 Å². The molecule has 5 heteroatoms. The van der Waals surface area contributed by atoms with Gasteiger partial charge in [-0.3, -0.25) is 9.78 Å². The first-order chi connectivity index (χ1) is 11.7. The van der Waals surface area contributed by atoms with Crippen molar-refractivity contribution in [2.45, 2.75) is 25.5 Å². The molecule has 0 bridgehead atoms. The molecule has 0 radical (unpaired) electrons. The molecular formula is C19H23N3O2. The van der Waals surface area contributed by atoms with Gasteiger partial charge in [-0.25, -0.2) is 0 Å². The van der Waals surface area contributed by atoms with E-state index in [-0.39, 0.29) is 18.5 Å². The molecule has 1 aromatic carbocycles. The summed E-state index contributed by atoms with van der Waals surface area (Å²) in [5, 5.41) is 12.4. The van der Waals surface area contributed by atoms with Gasteiger partial charge in [0.2, 0.25) is 5.91 Å². The Kier molecular flexibility index (Phi) is 5.23. The van der Waals surface area contributed by atoms with Crippen molar-refractivity contribution >= 4 is 5.91 Å². The van der Waals surface area contributed by atoms with E-state index in [2.05, 4.69) is 22.4 Å². The van der Waals surface area contributed by atoms with Crippen LogP contribution in [0.1, 0.15) is 29.8 Å². The molecule has 0 spiro atoms. The fourth-order valence-electron chi connectivity index (χ4n) is 3.18. The van der Waals surface area contributed by atoms with Crippen LogP contribution in [0.5, 0.6) is 0 Å². The van der Waals surface area contributed by atoms with Gasteiger partial charge in [-0.1, -0.05) is 30.3 Å². The van der Waals surface area contributed by atoms with Crippen molar-refractivity contribution in [1.82, 2.24) is 15.2 Å². The lowest BCUT2D eigenvalue weighted by atomic mass is 9.90. The van der Waals surface area contributed by atoms with Crippen molar-refractivity contribution in [2.75, 3.05) is 19.6 Å². The maximum Gasteiger partial charge on any atom is 0.237 e. The van der Waals surface area contributed by atoms with E-state index in [4.69, 9.17) is 0 Å². The van der Waals surface area contributed by atoms with Crippen LogP contribution in [0, 0.1) is 0 Å². The van der Waals surface area contributed by atoms with Gasteiger partial charge in [-0.2, -0.15) is 0 Å². The molecule has 0 saturated heterocycles. The van der Waals surface area contributed by atoms with E-state index in [0.717, 1.165) is 17.7 Å². The highest BCUT2D eigenvalue weighted by Crippen LogP contribution is 2.33. The van der Waals surface area contributed by atoms with Gasteiger partial charge in [0.05, 0.1) is 24.4 Å². The summed E-state index contributed by atoms with van der Waals surface area (Å²) >= 11 is 0. The summed E-state index contributed by atoms with van der Waals surface area (Å²) < 4.78 is 0. The number of carbonyl (C=O) groups is 1. The second-order valence-corrected chi connectivity index (χ2v) is 6.17. The van der Waals surface area contributed by atoms with Crippen LogP contribution in [-0.4, -0.2) is 46.6 Å². The summed E-state index contributed by atoms with van der Waals surface area (Å²) in [5.41, 5.74) is 3.30. The van der Waals surface area contributed by atoms with Crippen LogP contribution in [0.3, 0.4) is 0 Å². The van der Waals surface area contributed by atoms with Crippen molar-refractivity contribution in [1.29, 1.82) is 0 Å². The van der Waals surface area contributed by atoms with Crippen molar-refractivity contribution in [2.24, 2.45) is 0 Å². The standard InChI is InChI=1S/C19H23N3O2/c1-14(23)12-20-13-18(24)22-11-9-15-6-2-3-7-16(15)19(22)17-8-4-5-10-21-17/h2-8,10,14,19-20,23H,9,11-13H2,1H3/t14-,19?/m1/s1. The Morgan fingerprint density at radius 1 is 1.33 bits per heavy atom. The van der Waals surface area contributed by atoms with E-state index in [1.165, 1.54) is 5.56 Å². The fourth-order valence-corrected chi connectivity index (χ4v) is 3.18. The minimum Gasteiger partial charge on any atom is -0.392 e. The second-order valence-electron chi connectivity index (χ2n) is 6.17. The van der Waals surface area contributed by atoms with Gasteiger partial charge in [-0.05, 0) is 36.6 Å². The summed E-state index contributed by atoms with van der Waals surface area (Å²) in [4.78, 5) is 19.1. The lowest BCUT2D eigenvalue weighted by Crippen LogP contribution is -2.45. The summed E-state index contributed by atoms with van der Waals surface area (Å²) in [6, 6.07) is 13.9. The molecule has 0 fully saturated rings. The zero-order chi connectivity index (χ0) is 16.9. The Morgan fingerprint density at radius 3 is 2.88 bits per heavy atom. The van der Waals surface area contributed by atoms with Gasteiger partial charge in [0.1, 0.15) is 0 Å². The zero-order valence-corrected chi connectivity index (χ0v) is 13.9. The number of hydrogen-bond donors (Lipinski definition) is 2. The molecular weight excluding hydrogens is 302 g/mol. The Morgan fingerprint density at radius 2 is 2.12 bits per heavy atom. The van der Waals surface area contributed by atoms with Crippen LogP contribution >= 0.6 is 0 Å². The fraction of sp³-hybridized carbons (Fsp3) is 0.368. The number of aliphatic hydroxyl groups excluding tert-OH is 1. The zero-order valence-electron chi connectivity index (χ0n) is 13.9. The molecule has 2 heterocycles. The number of fused-ring (bicyclic) bond motifs is 1. The number of aromatic nitrogens is 1. The molecule has 0 aliphatic carbocycles. The van der Waals surface area contributed by atoms with Gasteiger partial charge in [0.15, 0.2) is 0 Å². The molecule has 1 aliphatic heterocycles. The number of benzene rings is 1. The monoisotopic (exact) mass is 325 g/mol. The van der Waals surface area contributed by atoms with Crippen molar-refractivity contribution < 1.29 is 9.90 Å². The largest absolute Gasteiger partial charge is 0.392 e. The summed E-state index contributed by atoms with van der Waals surface area (Å²) in [6.45, 7) is 3.00. The van der Waals surface area contributed by atoms with E-state index in [1.54, 1.807) is 13.1 Å². The molecule has 2 atom stereocenters. The molecule has 1 unspecified atom stereocenters. The predicted octanol–water partition coefficient (Wildman–Crippen LogP) is 1.53. The number of carbonyl (C=O) groups excluding carboxylic acids is 1. The number of amides is 1. The lowest BCUT2D eigenvalue weighted by Gasteiger charge is -2.37. The summed E-state index contributed by atoms with van der Waals surface area (Å²) in [6.07, 6.45) is 2.15. The SMILES string of the molecule is C[C@@H](O)CNCC(=O)N1CCc2ccccc2C1c1ccccn1. The van der Waals surface area contributed by atoms with E-state index < -0.39 is 6.10 Å². The van der Waals surface area contributed by atoms with E-state index in [9.17, 15) is 9.90 Å². The summed E-state index contributed by atoms with van der Waals surface area (Å²) in [5.74, 6) is 0.0285. The summed E-state index contributed by atoms with van der Waals surface area (Å²) in [7, 11) is 0. The molecule has 2 aromatic rings. The van der Waals surface area contributed by atoms with Crippen LogP contribution in [0.15, 0.2) is 48.7 Å². The van der Waals surface area contributed by atoms with Gasteiger partial charge in [0, 0.05) is 19.3 Å². The molecule has 0 saturated carbocycles. The third-order valence-corrected chi connectivity index (χ3v) is 4.29. The van der Waals surface area contributed by atoms with Crippen LogP contribution in [-0.2, 0) is 11.2 Å². The Labute approximate surface area is 142 Å². The smallest absolute Gasteiger partial charge is 0.237 e. The quantitative estimate of drug-likeness (QED) is 0.875. The molecule has 2 N–H and O–H groups in total. The third-order valence-electron chi connectivity index (χ3n) is 4.29. The number of aliphatic hydroxyl groups is 1. The highest BCUT2D eigenvalue weighted by molar-refractivity contribution is 5.79. The Balaban J connectivity index is 1.87. The maximum atomic E-state index is 12.7. The van der Waals surface area contributed by atoms with Crippen LogP contribution < -0.4 is 5.32 Å². The number of hydrogen-bond acceptors (Lipinski definition) is 4. The minimum atomic E-state index is -0.466. The first-order valence-electron chi connectivity index (χ1n) is 8.34. The number of pyridine rings is 1. The molecule has 1 aromatic heterocycles. The first kappa shape index (κ1) is 16.6. The van der Waals surface area contributed by atoms with Gasteiger partial charge >= 0.3 is 0 Å². The van der Waals surface area contributed by atoms with Gasteiger partial charge in [-0.15, -0.1) is 0 Å². The number of nitrogens with zero attached hydrogens (tertiary/aromatic N) is 2. The second kappa shape index (κ2) is 7.55. The lowest BCUT2D eigenvalue weighted by molar-refractivity contribution is -0.132. The number of rotatable bonds is 5. The molecule has 1 amide bonds. The molecule has 3 rings (SSSR count). The average molecular weight is 325 g/mol. The third kappa shape index (κ3) is 3.63. The van der Waals surface area contributed by atoms with E-state index >= 15 is 0 Å². The predicted molar refractivity (Wildman–Crippen MR) is 92.5 cm³/mol. The van der Waals surface area contributed by atoms with Gasteiger partial charge in [0.25, 0.3) is 0 Å². The maximum absolute atomic E-state index is 12.7. The van der Waals surface area contributed by atoms with Crippen LogP contribution in [0.4, 0.5) is 0 Å². The van der Waals surface area contributed by atoms with Crippen LogP contribution in [0.2, 0.25) is 0 Å². The molecule has 126 valence electrons. The van der Waals surface area contributed by atoms with Crippen molar-refractivity contribution in [3.8, 4) is 0 Å². The van der Waals surface area contributed by atoms with E-state index in [0.29, 0.717) is 13.1 Å². The van der Waals surface area contributed by atoms with E-state index in [1.807, 2.05) is 35.2 Å². The molecule has 5 nitrogen and oxygen atoms in total. The minimum absolute atomic E-state index is 0.0285. The Bertz CT molecular complexity index is 688.